The molecule has 152 valence electrons. The number of hydrogen-bond donors (Lipinski definition) is 0. The van der Waals surface area contributed by atoms with Crippen LogP contribution in [0, 0.1) is 6.92 Å². The lowest BCUT2D eigenvalue weighted by atomic mass is 10.1. The van der Waals surface area contributed by atoms with Gasteiger partial charge in [-0.25, -0.2) is 0 Å². The highest BCUT2D eigenvalue weighted by molar-refractivity contribution is 5.31. The largest absolute Gasteiger partial charge is 0.497 e. The van der Waals surface area contributed by atoms with Crippen LogP contribution in [0.4, 0.5) is 0 Å². The predicted octanol–water partition coefficient (Wildman–Crippen LogP) is 3.11. The Morgan fingerprint density at radius 2 is 1.57 bits per heavy atom. The Morgan fingerprint density at radius 3 is 2.29 bits per heavy atom. The third kappa shape index (κ3) is 5.52. The van der Waals surface area contributed by atoms with Crippen molar-refractivity contribution >= 4 is 0 Å². The van der Waals surface area contributed by atoms with Gasteiger partial charge in [-0.1, -0.05) is 6.42 Å². The lowest BCUT2D eigenvalue weighted by Crippen LogP contribution is -2.33. The Kier molecular flexibility index (Phi) is 7.37. The molecule has 1 aliphatic rings. The maximum absolute atomic E-state index is 12.2. The lowest BCUT2D eigenvalue weighted by Gasteiger charge is -2.26. The fraction of sp³-hybridized carbons (Fsp3) is 0.500. The maximum atomic E-state index is 12.2. The summed E-state index contributed by atoms with van der Waals surface area (Å²) in [7, 11) is 1.64. The number of rotatable bonds is 9. The van der Waals surface area contributed by atoms with Crippen molar-refractivity contribution in [1.82, 2.24) is 9.47 Å². The van der Waals surface area contributed by atoms with Gasteiger partial charge < -0.3 is 18.8 Å². The first-order valence-corrected chi connectivity index (χ1v) is 9.99. The van der Waals surface area contributed by atoms with Crippen LogP contribution in [0.15, 0.2) is 41.3 Å². The van der Waals surface area contributed by atoms with E-state index in [0.717, 1.165) is 36.8 Å². The van der Waals surface area contributed by atoms with Crippen molar-refractivity contribution in [2.45, 2.75) is 32.7 Å². The summed E-state index contributed by atoms with van der Waals surface area (Å²) >= 11 is 0. The molecular formula is C22H30N2O4. The van der Waals surface area contributed by atoms with Gasteiger partial charge in [-0.05, 0) is 57.1 Å². The van der Waals surface area contributed by atoms with Crippen molar-refractivity contribution in [3.8, 4) is 17.2 Å². The van der Waals surface area contributed by atoms with Crippen LogP contribution in [0.25, 0.3) is 0 Å². The zero-order valence-electron chi connectivity index (χ0n) is 16.9. The van der Waals surface area contributed by atoms with Crippen LogP contribution >= 0.6 is 0 Å². The standard InChI is InChI=1S/C22H30N2O4/c1-18-22(28-16-14-23-11-4-3-5-12-23)21(25)10-13-24(18)15-17-27-20-8-6-19(26-2)7-9-20/h6-10,13H,3-5,11-12,14-17H2,1-2H3. The summed E-state index contributed by atoms with van der Waals surface area (Å²) in [5.74, 6) is 2.04. The molecule has 2 heterocycles. The third-order valence-electron chi connectivity index (χ3n) is 5.15. The second kappa shape index (κ2) is 10.2. The quantitative estimate of drug-likeness (QED) is 0.663. The normalized spacial score (nSPS) is 14.6. The van der Waals surface area contributed by atoms with Gasteiger partial charge in [0.2, 0.25) is 5.43 Å². The highest BCUT2D eigenvalue weighted by Crippen LogP contribution is 2.17. The van der Waals surface area contributed by atoms with E-state index in [-0.39, 0.29) is 5.43 Å². The summed E-state index contributed by atoms with van der Waals surface area (Å²) in [5.41, 5.74) is 0.771. The minimum Gasteiger partial charge on any atom is -0.497 e. The summed E-state index contributed by atoms with van der Waals surface area (Å²) in [5, 5.41) is 0. The van der Waals surface area contributed by atoms with E-state index in [1.807, 2.05) is 35.8 Å². The zero-order valence-corrected chi connectivity index (χ0v) is 16.9. The van der Waals surface area contributed by atoms with Crippen molar-refractivity contribution in [2.24, 2.45) is 0 Å². The van der Waals surface area contributed by atoms with Crippen LogP contribution < -0.4 is 19.6 Å². The number of aromatic nitrogens is 1. The minimum absolute atomic E-state index is 0.0662. The van der Waals surface area contributed by atoms with E-state index in [1.165, 1.54) is 19.3 Å². The number of nitrogens with zero attached hydrogens (tertiary/aromatic N) is 2. The zero-order chi connectivity index (χ0) is 19.8. The average Bonchev–Trinajstić information content (AvgIpc) is 2.73. The van der Waals surface area contributed by atoms with Crippen LogP contribution in [0.1, 0.15) is 25.0 Å². The van der Waals surface area contributed by atoms with Crippen molar-refractivity contribution in [3.63, 3.8) is 0 Å². The Bertz CT molecular complexity index is 795. The second-order valence-corrected chi connectivity index (χ2v) is 7.06. The molecular weight excluding hydrogens is 356 g/mol. The van der Waals surface area contributed by atoms with E-state index in [0.29, 0.717) is 25.5 Å². The van der Waals surface area contributed by atoms with Crippen molar-refractivity contribution in [2.75, 3.05) is 40.0 Å². The fourth-order valence-electron chi connectivity index (χ4n) is 3.47. The molecule has 0 radical (unpaired) electrons. The molecule has 1 aromatic heterocycles. The summed E-state index contributed by atoms with van der Waals surface area (Å²) < 4.78 is 18.8. The monoisotopic (exact) mass is 386 g/mol. The molecule has 0 unspecified atom stereocenters. The van der Waals surface area contributed by atoms with Crippen LogP contribution in [0.2, 0.25) is 0 Å². The SMILES string of the molecule is COc1ccc(OCCn2ccc(=O)c(OCCN3CCCCC3)c2C)cc1. The number of hydrogen-bond acceptors (Lipinski definition) is 5. The molecule has 1 aliphatic heterocycles. The van der Waals surface area contributed by atoms with Gasteiger partial charge in [-0.3, -0.25) is 9.69 Å². The predicted molar refractivity (Wildman–Crippen MR) is 110 cm³/mol. The summed E-state index contributed by atoms with van der Waals surface area (Å²) in [6.45, 7) is 6.74. The number of ether oxygens (including phenoxy) is 3. The number of piperidine rings is 1. The summed E-state index contributed by atoms with van der Waals surface area (Å²) in [6.07, 6.45) is 5.63. The molecule has 2 aromatic rings. The van der Waals surface area contributed by atoms with E-state index < -0.39 is 0 Å². The van der Waals surface area contributed by atoms with Gasteiger partial charge in [0, 0.05) is 18.8 Å². The third-order valence-corrected chi connectivity index (χ3v) is 5.15. The molecule has 1 fully saturated rings. The van der Waals surface area contributed by atoms with Gasteiger partial charge in [0.15, 0.2) is 5.75 Å². The first-order valence-electron chi connectivity index (χ1n) is 9.99. The number of likely N-dealkylation sites (tertiary alicyclic amines) is 1. The molecule has 3 rings (SSSR count). The topological polar surface area (TPSA) is 52.9 Å². The molecule has 1 aromatic carbocycles. The van der Waals surface area contributed by atoms with Gasteiger partial charge in [0.25, 0.3) is 0 Å². The highest BCUT2D eigenvalue weighted by Gasteiger charge is 2.12. The van der Waals surface area contributed by atoms with Gasteiger partial charge in [-0.2, -0.15) is 0 Å². The van der Waals surface area contributed by atoms with Crippen LogP contribution in [-0.4, -0.2) is 49.4 Å². The number of pyridine rings is 1. The van der Waals surface area contributed by atoms with Gasteiger partial charge in [0.1, 0.15) is 24.7 Å². The first-order chi connectivity index (χ1) is 13.7. The van der Waals surface area contributed by atoms with Crippen molar-refractivity contribution in [3.05, 3.63) is 52.4 Å². The molecule has 28 heavy (non-hydrogen) atoms. The molecule has 1 saturated heterocycles. The van der Waals surface area contributed by atoms with Gasteiger partial charge in [0.05, 0.1) is 19.3 Å². The fourth-order valence-corrected chi connectivity index (χ4v) is 3.47. The maximum Gasteiger partial charge on any atom is 0.223 e. The van der Waals surface area contributed by atoms with Gasteiger partial charge >= 0.3 is 0 Å². The van der Waals surface area contributed by atoms with E-state index in [1.54, 1.807) is 19.4 Å². The number of methoxy groups -OCH3 is 1. The molecule has 0 saturated carbocycles. The van der Waals surface area contributed by atoms with E-state index in [4.69, 9.17) is 14.2 Å². The van der Waals surface area contributed by atoms with E-state index >= 15 is 0 Å². The molecule has 0 aliphatic carbocycles. The Balaban J connectivity index is 1.53. The molecule has 6 heteroatoms. The molecule has 0 amide bonds. The van der Waals surface area contributed by atoms with Crippen molar-refractivity contribution < 1.29 is 14.2 Å². The summed E-state index contributed by atoms with van der Waals surface area (Å²) in [4.78, 5) is 14.6. The van der Waals surface area contributed by atoms with E-state index in [2.05, 4.69) is 4.90 Å². The molecule has 0 N–H and O–H groups in total. The van der Waals surface area contributed by atoms with E-state index in [9.17, 15) is 4.79 Å². The Hall–Kier alpha value is -2.47. The molecule has 0 atom stereocenters. The second-order valence-electron chi connectivity index (χ2n) is 7.06. The first kappa shape index (κ1) is 20.3. The smallest absolute Gasteiger partial charge is 0.223 e. The van der Waals surface area contributed by atoms with Crippen molar-refractivity contribution in [1.29, 1.82) is 0 Å². The molecule has 0 bridgehead atoms. The molecule has 0 spiro atoms. The van der Waals surface area contributed by atoms with Gasteiger partial charge in [-0.15, -0.1) is 0 Å². The summed E-state index contributed by atoms with van der Waals surface area (Å²) in [6, 6.07) is 9.07. The average molecular weight is 386 g/mol. The van der Waals surface area contributed by atoms with Crippen LogP contribution in [0.5, 0.6) is 17.2 Å². The lowest BCUT2D eigenvalue weighted by molar-refractivity contribution is 0.181. The molecule has 6 nitrogen and oxygen atoms in total. The number of benzene rings is 1. The Labute approximate surface area is 166 Å². The Morgan fingerprint density at radius 1 is 0.893 bits per heavy atom. The minimum atomic E-state index is -0.0662. The van der Waals surface area contributed by atoms with Crippen LogP contribution in [0.3, 0.4) is 0 Å². The van der Waals surface area contributed by atoms with Crippen LogP contribution in [-0.2, 0) is 6.54 Å². The highest BCUT2D eigenvalue weighted by atomic mass is 16.5.